The number of nitrogens with zero attached hydrogens (tertiary/aromatic N) is 4. The molecular weight excluding hydrogens is 1150 g/mol. The van der Waals surface area contributed by atoms with Crippen LogP contribution in [0, 0.1) is 17.8 Å². The van der Waals surface area contributed by atoms with Crippen molar-refractivity contribution in [3.05, 3.63) is 142 Å². The average Bonchev–Trinajstić information content (AvgIpc) is 2.10. The third kappa shape index (κ3) is 13.3. The number of nitrogens with two attached hydrogens (primary N) is 1. The average molecular weight is 1210 g/mol. The van der Waals surface area contributed by atoms with Crippen molar-refractivity contribution in [2.75, 3.05) is 26.2 Å². The fourth-order valence-electron chi connectivity index (χ4n) is 12.0. The molecule has 4 fully saturated rings. The maximum Gasteiger partial charge on any atom is 0.399 e. The second-order valence-corrected chi connectivity index (χ2v) is 24.0. The quantitative estimate of drug-likeness (QED) is 0.0305. The second-order valence-electron chi connectivity index (χ2n) is 22.4. The molecule has 5 aliphatic heterocycles. The number of aromatic amines is 1. The largest absolute Gasteiger partial charge is 0.399 e. The number of imide groups is 1. The van der Waals surface area contributed by atoms with E-state index < -0.39 is 115 Å². The van der Waals surface area contributed by atoms with E-state index in [0.717, 1.165) is 35.4 Å². The molecule has 1 aromatic heterocycles. The third-order valence-corrected chi connectivity index (χ3v) is 17.7. The van der Waals surface area contributed by atoms with Crippen molar-refractivity contribution in [1.29, 1.82) is 0 Å². The first-order valence-corrected chi connectivity index (χ1v) is 30.2. The number of amides is 10. The molecule has 5 unspecified atom stereocenters. The van der Waals surface area contributed by atoms with Gasteiger partial charge in [0.1, 0.15) is 36.3 Å². The highest BCUT2D eigenvalue weighted by molar-refractivity contribution is 7.52. The molecule has 26 heteroatoms. The van der Waals surface area contributed by atoms with Gasteiger partial charge in [-0.2, -0.15) is 8.78 Å². The molecule has 5 aliphatic rings. The molecule has 4 aromatic carbocycles. The lowest BCUT2D eigenvalue weighted by Crippen LogP contribution is -2.62. The van der Waals surface area contributed by atoms with Crippen LogP contribution < -0.4 is 27.0 Å². The minimum absolute atomic E-state index is 0.0358. The van der Waals surface area contributed by atoms with Gasteiger partial charge in [-0.15, -0.1) is 0 Å². The molecule has 87 heavy (non-hydrogen) atoms. The Labute approximate surface area is 497 Å². The predicted octanol–water partition coefficient (Wildman–Crippen LogP) is 3.18. The van der Waals surface area contributed by atoms with Crippen molar-refractivity contribution in [2.24, 2.45) is 11.7 Å². The molecule has 5 atom stereocenters. The number of carbonyl (C=O) groups excluding carboxylic acids is 10. The summed E-state index contributed by atoms with van der Waals surface area (Å²) in [4.78, 5) is 164. The lowest BCUT2D eigenvalue weighted by Gasteiger charge is -2.39. The van der Waals surface area contributed by atoms with Crippen molar-refractivity contribution >= 4 is 77.6 Å². The number of benzene rings is 4. The van der Waals surface area contributed by atoms with Crippen molar-refractivity contribution in [3.8, 4) is 11.8 Å². The minimum Gasteiger partial charge on any atom is -0.370 e. The molecule has 0 spiro atoms. The van der Waals surface area contributed by atoms with Crippen molar-refractivity contribution in [2.45, 2.75) is 113 Å². The van der Waals surface area contributed by atoms with Gasteiger partial charge in [-0.25, -0.2) is 0 Å². The zero-order valence-electron chi connectivity index (χ0n) is 46.9. The highest BCUT2D eigenvalue weighted by Crippen LogP contribution is 2.59. The number of piperidine rings is 2. The minimum atomic E-state index is -5.96. The first kappa shape index (κ1) is 61.0. The number of fused-ring (bicyclic) bond motifs is 3. The molecule has 23 nitrogen and oxygen atoms in total. The van der Waals surface area contributed by atoms with Crippen LogP contribution in [-0.4, -0.2) is 150 Å². The molecule has 5 aromatic rings. The van der Waals surface area contributed by atoms with Gasteiger partial charge < -0.3 is 56.1 Å². The second kappa shape index (κ2) is 25.5. The SMILES string of the molecule is NC(=O)CCC(NC(=O)C1CCC2CCN(C(=O)CC(=O)N3CCC(C#Cc4cccc5c4CN(C4CCC(=O)NC4=O)C5=O)CC3)CC(NC(=O)c3cc4cc(C(F)(F)P(=O)(O)O)ccc4[nH]3)C(=O)N21)C(=O)NC(c1ccccc1)c1ccccc1. The van der Waals surface area contributed by atoms with E-state index in [-0.39, 0.29) is 105 Å². The van der Waals surface area contributed by atoms with Gasteiger partial charge in [-0.05, 0) is 92.0 Å². The van der Waals surface area contributed by atoms with Crippen LogP contribution in [-0.2, 0) is 55.1 Å². The fourth-order valence-corrected chi connectivity index (χ4v) is 12.5. The topological polar surface area (TPSA) is 331 Å². The Morgan fingerprint density at radius 1 is 0.793 bits per heavy atom. The number of hydrogen-bond acceptors (Lipinski definition) is 11. The Hall–Kier alpha value is -9.11. The predicted molar refractivity (Wildman–Crippen MR) is 307 cm³/mol. The first-order chi connectivity index (χ1) is 41.5. The van der Waals surface area contributed by atoms with E-state index in [1.54, 1.807) is 47.4 Å². The molecule has 4 saturated heterocycles. The number of aromatic nitrogens is 1. The summed E-state index contributed by atoms with van der Waals surface area (Å²) in [7, 11) is -5.96. The third-order valence-electron chi connectivity index (χ3n) is 16.7. The molecule has 0 bridgehead atoms. The van der Waals surface area contributed by atoms with Gasteiger partial charge in [0, 0.05) is 85.1 Å². The summed E-state index contributed by atoms with van der Waals surface area (Å²) < 4.78 is 41.3. The maximum absolute atomic E-state index is 15.1. The van der Waals surface area contributed by atoms with Crippen LogP contribution in [0.5, 0.6) is 0 Å². The maximum atomic E-state index is 15.1. The number of hydrogen-bond donors (Lipinski definition) is 8. The Bertz CT molecular complexity index is 3650. The van der Waals surface area contributed by atoms with Crippen molar-refractivity contribution in [3.63, 3.8) is 0 Å². The highest BCUT2D eigenvalue weighted by atomic mass is 31.2. The number of carbonyl (C=O) groups is 10. The van der Waals surface area contributed by atoms with Crippen LogP contribution in [0.3, 0.4) is 0 Å². The van der Waals surface area contributed by atoms with Gasteiger partial charge in [-0.3, -0.25) is 57.8 Å². The monoisotopic (exact) mass is 1210 g/mol. The highest BCUT2D eigenvalue weighted by Gasteiger charge is 2.51. The van der Waals surface area contributed by atoms with Crippen LogP contribution in [0.15, 0.2) is 103 Å². The molecule has 0 radical (unpaired) electrons. The van der Waals surface area contributed by atoms with Crippen LogP contribution in [0.2, 0.25) is 0 Å². The summed E-state index contributed by atoms with van der Waals surface area (Å²) in [5.74, 6) is 0.0326. The smallest absolute Gasteiger partial charge is 0.370 e. The van der Waals surface area contributed by atoms with E-state index in [9.17, 15) is 66.3 Å². The molecule has 0 aliphatic carbocycles. The van der Waals surface area contributed by atoms with Crippen LogP contribution in [0.1, 0.15) is 119 Å². The number of alkyl halides is 2. The van der Waals surface area contributed by atoms with Crippen molar-refractivity contribution in [1.82, 2.24) is 45.9 Å². The van der Waals surface area contributed by atoms with E-state index in [0.29, 0.717) is 29.5 Å². The van der Waals surface area contributed by atoms with Gasteiger partial charge in [0.15, 0.2) is 0 Å². The summed E-state index contributed by atoms with van der Waals surface area (Å²) in [5, 5.41) is 10.7. The zero-order chi connectivity index (χ0) is 61.9. The number of nitrogens with one attached hydrogen (secondary N) is 5. The van der Waals surface area contributed by atoms with Crippen molar-refractivity contribution < 1.29 is 71.1 Å². The number of halogens is 2. The molecule has 10 amide bonds. The number of primary amides is 1. The Morgan fingerprint density at radius 3 is 2.14 bits per heavy atom. The number of rotatable bonds is 16. The molecule has 6 heterocycles. The summed E-state index contributed by atoms with van der Waals surface area (Å²) in [6, 6.07) is 20.8. The summed E-state index contributed by atoms with van der Waals surface area (Å²) >= 11 is 0. The number of likely N-dealkylation sites (tertiary alicyclic amines) is 1. The van der Waals surface area contributed by atoms with Gasteiger partial charge in [0.05, 0.1) is 6.04 Å². The Kier molecular flexibility index (Phi) is 17.8. The van der Waals surface area contributed by atoms with E-state index in [1.807, 2.05) is 36.4 Å². The van der Waals surface area contributed by atoms with Gasteiger partial charge in [0.2, 0.25) is 47.3 Å². The zero-order valence-corrected chi connectivity index (χ0v) is 47.8. The fraction of sp³-hybridized carbons (Fsp3) is 0.377. The lowest BCUT2D eigenvalue weighted by molar-refractivity contribution is -0.147. The Morgan fingerprint density at radius 2 is 1.47 bits per heavy atom. The van der Waals surface area contributed by atoms with E-state index >= 15 is 4.79 Å². The summed E-state index contributed by atoms with van der Waals surface area (Å²) in [6.07, 6.45) is 0.611. The standard InChI is InChI=1S/C61H63F2N10O13P/c62-61(63,87(84,85)86)40-16-18-44-39(30-40)31-46(65-44)56(79)67-47-34-71(53(77)32-52(76)70-27-24-35(25-28-70)14-15-36-12-7-13-42-43(36)33-72(59(42)82)48-21-23-51(75)68-57(48)80)29-26-41-17-20-49(73(41)60(47)83)58(81)66-45(19-22-50(64)74)55(78)69-54(37-8-3-1-4-9-37)38-10-5-2-6-11-38/h1-13,16,18,30-31,35,41,45,47-49,54,65H,17,19-29,32-34H2,(H2,64,74)(H,66,81)(H,67,79)(H,69,78)(H,68,75,80)(H2,84,85,86). The molecular formula is C61H63F2N10O13P. The van der Waals surface area contributed by atoms with E-state index in [2.05, 4.69) is 38.1 Å². The normalized spacial score (nSPS) is 20.4. The van der Waals surface area contributed by atoms with Gasteiger partial charge >= 0.3 is 13.3 Å². The van der Waals surface area contributed by atoms with E-state index in [4.69, 9.17) is 5.73 Å². The molecule has 9 N–H and O–H groups in total. The Balaban J connectivity index is 0.840. The first-order valence-electron chi connectivity index (χ1n) is 28.6. The summed E-state index contributed by atoms with van der Waals surface area (Å²) in [6.45, 7) is 0.137. The van der Waals surface area contributed by atoms with Gasteiger partial charge in [0.25, 0.3) is 11.8 Å². The molecule has 0 saturated carbocycles. The van der Waals surface area contributed by atoms with Crippen LogP contribution in [0.25, 0.3) is 10.9 Å². The summed E-state index contributed by atoms with van der Waals surface area (Å²) in [5.41, 5.74) is 2.97. The molecule has 10 rings (SSSR count). The molecule has 454 valence electrons. The number of H-pyrrole nitrogens is 1. The van der Waals surface area contributed by atoms with E-state index in [1.165, 1.54) is 14.7 Å². The lowest BCUT2D eigenvalue weighted by atomic mass is 9.96. The van der Waals surface area contributed by atoms with Crippen LogP contribution in [0.4, 0.5) is 8.78 Å². The van der Waals surface area contributed by atoms with Gasteiger partial charge in [-0.1, -0.05) is 84.6 Å². The van der Waals surface area contributed by atoms with Crippen LogP contribution >= 0.6 is 7.60 Å².